The molecule has 5 heteroatoms. The van der Waals surface area contributed by atoms with Crippen molar-refractivity contribution in [3.8, 4) is 0 Å². The molecule has 0 amide bonds. The standard InChI is InChI=1S/C16H20N2O.2BrH/c17-11-10-13-6-8-15(9-7-13)18-12-16(19)14-4-2-1-3-5-14;;/h1-9,16,18-19H,10-12,17H2;2*1H/t16-;;/m1../s1. The lowest BCUT2D eigenvalue weighted by Gasteiger charge is -2.13. The molecule has 1 atom stereocenters. The van der Waals surface area contributed by atoms with E-state index in [9.17, 15) is 5.11 Å². The number of aliphatic hydroxyl groups excluding tert-OH is 1. The fraction of sp³-hybridized carbons (Fsp3) is 0.250. The highest BCUT2D eigenvalue weighted by molar-refractivity contribution is 8.93. The molecule has 0 spiro atoms. The zero-order valence-corrected chi connectivity index (χ0v) is 15.2. The second-order valence-electron chi connectivity index (χ2n) is 4.54. The maximum absolute atomic E-state index is 10.0. The molecular formula is C16H22Br2N2O. The molecule has 2 rings (SSSR count). The average molecular weight is 418 g/mol. The van der Waals surface area contributed by atoms with Crippen LogP contribution in [0.25, 0.3) is 0 Å². The number of halogens is 2. The summed E-state index contributed by atoms with van der Waals surface area (Å²) in [5.41, 5.74) is 8.68. The van der Waals surface area contributed by atoms with Crippen molar-refractivity contribution in [2.24, 2.45) is 5.73 Å². The highest BCUT2D eigenvalue weighted by Crippen LogP contribution is 2.15. The van der Waals surface area contributed by atoms with Crippen LogP contribution in [0.1, 0.15) is 17.2 Å². The summed E-state index contributed by atoms with van der Waals surface area (Å²) in [6.07, 6.45) is 0.400. The lowest BCUT2D eigenvalue weighted by molar-refractivity contribution is 0.191. The van der Waals surface area contributed by atoms with Crippen molar-refractivity contribution in [2.75, 3.05) is 18.4 Å². The molecular weight excluding hydrogens is 396 g/mol. The number of anilines is 1. The first kappa shape index (κ1) is 20.1. The largest absolute Gasteiger partial charge is 0.387 e. The fourth-order valence-electron chi connectivity index (χ4n) is 1.96. The number of hydrogen-bond donors (Lipinski definition) is 3. The Morgan fingerprint density at radius 3 is 2.14 bits per heavy atom. The van der Waals surface area contributed by atoms with Gasteiger partial charge >= 0.3 is 0 Å². The number of rotatable bonds is 6. The van der Waals surface area contributed by atoms with Crippen LogP contribution in [-0.4, -0.2) is 18.2 Å². The van der Waals surface area contributed by atoms with E-state index in [1.807, 2.05) is 42.5 Å². The Hall–Kier alpha value is -0.880. The molecule has 0 fully saturated rings. The number of benzene rings is 2. The van der Waals surface area contributed by atoms with Crippen molar-refractivity contribution in [2.45, 2.75) is 12.5 Å². The summed E-state index contributed by atoms with van der Waals surface area (Å²) >= 11 is 0. The van der Waals surface area contributed by atoms with Crippen molar-refractivity contribution in [3.63, 3.8) is 0 Å². The lowest BCUT2D eigenvalue weighted by atomic mass is 10.1. The first-order chi connectivity index (χ1) is 9.29. The maximum atomic E-state index is 10.0. The highest BCUT2D eigenvalue weighted by Gasteiger charge is 2.05. The number of nitrogens with two attached hydrogens (primary N) is 1. The molecule has 0 radical (unpaired) electrons. The predicted molar refractivity (Wildman–Crippen MR) is 99.7 cm³/mol. The first-order valence-electron chi connectivity index (χ1n) is 6.55. The molecule has 0 aliphatic carbocycles. The van der Waals surface area contributed by atoms with Gasteiger partial charge in [-0.3, -0.25) is 0 Å². The lowest BCUT2D eigenvalue weighted by Crippen LogP contribution is -2.12. The van der Waals surface area contributed by atoms with Crippen LogP contribution in [-0.2, 0) is 6.42 Å². The van der Waals surface area contributed by atoms with Crippen LogP contribution in [0.2, 0.25) is 0 Å². The third kappa shape index (κ3) is 6.61. The van der Waals surface area contributed by atoms with Gasteiger partial charge in [0.05, 0.1) is 6.10 Å². The van der Waals surface area contributed by atoms with E-state index in [1.54, 1.807) is 0 Å². The normalized spacial score (nSPS) is 11.0. The molecule has 0 bridgehead atoms. The zero-order valence-electron chi connectivity index (χ0n) is 11.7. The number of hydrogen-bond acceptors (Lipinski definition) is 3. The number of aliphatic hydroxyl groups is 1. The smallest absolute Gasteiger partial charge is 0.0962 e. The van der Waals surface area contributed by atoms with E-state index in [2.05, 4.69) is 17.4 Å². The third-order valence-electron chi connectivity index (χ3n) is 3.07. The highest BCUT2D eigenvalue weighted by atomic mass is 79.9. The van der Waals surface area contributed by atoms with E-state index >= 15 is 0 Å². The van der Waals surface area contributed by atoms with E-state index in [-0.39, 0.29) is 34.0 Å². The van der Waals surface area contributed by atoms with Crippen molar-refractivity contribution in [1.29, 1.82) is 0 Å². The van der Waals surface area contributed by atoms with Crippen molar-refractivity contribution >= 4 is 39.7 Å². The van der Waals surface area contributed by atoms with Crippen molar-refractivity contribution < 1.29 is 5.11 Å². The molecule has 0 unspecified atom stereocenters. The van der Waals surface area contributed by atoms with Gasteiger partial charge in [0, 0.05) is 12.2 Å². The fourth-order valence-corrected chi connectivity index (χ4v) is 1.96. The van der Waals surface area contributed by atoms with Crippen LogP contribution >= 0.6 is 34.0 Å². The molecule has 4 N–H and O–H groups in total. The Balaban J connectivity index is 0.00000200. The van der Waals surface area contributed by atoms with Gasteiger partial charge < -0.3 is 16.2 Å². The number of nitrogens with one attached hydrogen (secondary N) is 1. The molecule has 0 aromatic heterocycles. The minimum atomic E-state index is -0.495. The molecule has 116 valence electrons. The second-order valence-corrected chi connectivity index (χ2v) is 4.54. The Morgan fingerprint density at radius 2 is 1.57 bits per heavy atom. The molecule has 0 saturated carbocycles. The Morgan fingerprint density at radius 1 is 0.952 bits per heavy atom. The van der Waals surface area contributed by atoms with Gasteiger partial charge in [0.2, 0.25) is 0 Å². The summed E-state index contributed by atoms with van der Waals surface area (Å²) in [7, 11) is 0. The minimum Gasteiger partial charge on any atom is -0.387 e. The van der Waals surface area contributed by atoms with E-state index in [4.69, 9.17) is 5.73 Å². The van der Waals surface area contributed by atoms with Crippen LogP contribution in [0.3, 0.4) is 0 Å². The summed E-state index contributed by atoms with van der Waals surface area (Å²) in [6, 6.07) is 17.8. The van der Waals surface area contributed by atoms with Gasteiger partial charge in [-0.2, -0.15) is 0 Å². The Labute approximate surface area is 147 Å². The topological polar surface area (TPSA) is 58.3 Å². The molecule has 0 aliphatic heterocycles. The maximum Gasteiger partial charge on any atom is 0.0962 e. The van der Waals surface area contributed by atoms with Gasteiger partial charge in [-0.15, -0.1) is 34.0 Å². The molecule has 0 saturated heterocycles. The summed E-state index contributed by atoms with van der Waals surface area (Å²) in [5.74, 6) is 0. The Bertz CT molecular complexity index is 491. The summed E-state index contributed by atoms with van der Waals surface area (Å²) in [6.45, 7) is 1.17. The monoisotopic (exact) mass is 416 g/mol. The van der Waals surface area contributed by atoms with Crippen LogP contribution in [0.15, 0.2) is 54.6 Å². The van der Waals surface area contributed by atoms with Gasteiger partial charge in [0.15, 0.2) is 0 Å². The minimum absolute atomic E-state index is 0. The predicted octanol–water partition coefficient (Wildman–Crippen LogP) is 3.49. The molecule has 21 heavy (non-hydrogen) atoms. The van der Waals surface area contributed by atoms with Crippen LogP contribution in [0.4, 0.5) is 5.69 Å². The van der Waals surface area contributed by atoms with Crippen LogP contribution in [0.5, 0.6) is 0 Å². The molecule has 0 heterocycles. The van der Waals surface area contributed by atoms with Crippen LogP contribution < -0.4 is 11.1 Å². The summed E-state index contributed by atoms with van der Waals surface area (Å²) in [4.78, 5) is 0. The molecule has 3 nitrogen and oxygen atoms in total. The van der Waals surface area contributed by atoms with E-state index in [0.29, 0.717) is 13.1 Å². The van der Waals surface area contributed by atoms with Gasteiger partial charge in [-0.05, 0) is 36.2 Å². The van der Waals surface area contributed by atoms with E-state index < -0.39 is 6.10 Å². The van der Waals surface area contributed by atoms with Gasteiger partial charge in [-0.1, -0.05) is 42.5 Å². The van der Waals surface area contributed by atoms with Gasteiger partial charge in [-0.25, -0.2) is 0 Å². The van der Waals surface area contributed by atoms with Crippen LogP contribution in [0, 0.1) is 0 Å². The van der Waals surface area contributed by atoms with Crippen molar-refractivity contribution in [1.82, 2.24) is 0 Å². The molecule has 0 aliphatic rings. The molecule has 2 aromatic rings. The summed E-state index contributed by atoms with van der Waals surface area (Å²) in [5, 5.41) is 13.3. The van der Waals surface area contributed by atoms with E-state index in [0.717, 1.165) is 17.7 Å². The average Bonchev–Trinajstić information content (AvgIpc) is 2.47. The van der Waals surface area contributed by atoms with Gasteiger partial charge in [0.1, 0.15) is 0 Å². The second kappa shape index (κ2) is 10.8. The quantitative estimate of drug-likeness (QED) is 0.674. The third-order valence-corrected chi connectivity index (χ3v) is 3.07. The molecule has 2 aromatic carbocycles. The SMILES string of the molecule is Br.Br.NCCc1ccc(NC[C@@H](O)c2ccccc2)cc1. The van der Waals surface area contributed by atoms with Gasteiger partial charge in [0.25, 0.3) is 0 Å². The van der Waals surface area contributed by atoms with E-state index in [1.165, 1.54) is 5.56 Å². The first-order valence-corrected chi connectivity index (χ1v) is 6.55. The zero-order chi connectivity index (χ0) is 13.5. The Kier molecular flexibility index (Phi) is 10.3. The summed E-state index contributed by atoms with van der Waals surface area (Å²) < 4.78 is 0. The van der Waals surface area contributed by atoms with Crippen molar-refractivity contribution in [3.05, 3.63) is 65.7 Å².